The lowest BCUT2D eigenvalue weighted by Crippen LogP contribution is -2.43. The average Bonchev–Trinajstić information content (AvgIpc) is 2.38. The van der Waals surface area contributed by atoms with E-state index in [2.05, 4.69) is 5.32 Å². The summed E-state index contributed by atoms with van der Waals surface area (Å²) in [5.41, 5.74) is 3.04. The van der Waals surface area contributed by atoms with Gasteiger partial charge >= 0.3 is 0 Å². The van der Waals surface area contributed by atoms with E-state index in [1.807, 2.05) is 45.9 Å². The standard InChI is InChI=1S/C15H23NO2/c1-5-14(9-17)16-12(4)15(18)13-7-6-10(2)11(3)8-13/h6-8,12,14,16-17H,5,9H2,1-4H3. The molecule has 0 fully saturated rings. The predicted molar refractivity (Wildman–Crippen MR) is 74.0 cm³/mol. The molecule has 2 atom stereocenters. The summed E-state index contributed by atoms with van der Waals surface area (Å²) in [6.45, 7) is 7.93. The molecule has 3 heteroatoms. The van der Waals surface area contributed by atoms with E-state index in [1.54, 1.807) is 0 Å². The highest BCUT2D eigenvalue weighted by molar-refractivity contribution is 6.00. The van der Waals surface area contributed by atoms with E-state index in [0.29, 0.717) is 0 Å². The van der Waals surface area contributed by atoms with Crippen molar-refractivity contribution >= 4 is 5.78 Å². The predicted octanol–water partition coefficient (Wildman–Crippen LogP) is 2.24. The highest BCUT2D eigenvalue weighted by Crippen LogP contribution is 2.12. The SMILES string of the molecule is CCC(CO)NC(C)C(=O)c1ccc(C)c(C)c1. The van der Waals surface area contributed by atoms with Crippen LogP contribution >= 0.6 is 0 Å². The molecule has 1 aromatic carbocycles. The monoisotopic (exact) mass is 249 g/mol. The maximum absolute atomic E-state index is 12.2. The number of hydrogen-bond donors (Lipinski definition) is 2. The van der Waals surface area contributed by atoms with Gasteiger partial charge in [-0.1, -0.05) is 19.1 Å². The fraction of sp³-hybridized carbons (Fsp3) is 0.533. The van der Waals surface area contributed by atoms with E-state index in [-0.39, 0.29) is 24.5 Å². The van der Waals surface area contributed by atoms with Crippen molar-refractivity contribution in [3.63, 3.8) is 0 Å². The molecule has 2 N–H and O–H groups in total. The topological polar surface area (TPSA) is 49.3 Å². The normalized spacial score (nSPS) is 14.3. The molecule has 18 heavy (non-hydrogen) atoms. The molecule has 0 bridgehead atoms. The number of benzene rings is 1. The Labute approximate surface area is 109 Å². The third-order valence-electron chi connectivity index (χ3n) is 3.38. The first-order valence-electron chi connectivity index (χ1n) is 6.48. The number of ketones is 1. The van der Waals surface area contributed by atoms with Crippen LogP contribution in [0.4, 0.5) is 0 Å². The molecule has 0 saturated heterocycles. The molecule has 0 aliphatic rings. The Kier molecular flexibility index (Phi) is 5.51. The maximum Gasteiger partial charge on any atom is 0.179 e. The number of carbonyl (C=O) groups excluding carboxylic acids is 1. The van der Waals surface area contributed by atoms with Gasteiger partial charge in [-0.2, -0.15) is 0 Å². The quantitative estimate of drug-likeness (QED) is 0.760. The van der Waals surface area contributed by atoms with Crippen LogP contribution in [0.5, 0.6) is 0 Å². The van der Waals surface area contributed by atoms with E-state index in [1.165, 1.54) is 5.56 Å². The largest absolute Gasteiger partial charge is 0.395 e. The first-order chi connectivity index (χ1) is 8.49. The lowest BCUT2D eigenvalue weighted by atomic mass is 10.00. The Morgan fingerprint density at radius 3 is 2.50 bits per heavy atom. The number of hydrogen-bond acceptors (Lipinski definition) is 3. The van der Waals surface area contributed by atoms with Gasteiger partial charge in [0.05, 0.1) is 12.6 Å². The Bertz CT molecular complexity index is 411. The second kappa shape index (κ2) is 6.66. The number of nitrogens with one attached hydrogen (secondary N) is 1. The first kappa shape index (κ1) is 14.9. The van der Waals surface area contributed by atoms with Crippen molar-refractivity contribution in [2.24, 2.45) is 0 Å². The highest BCUT2D eigenvalue weighted by Gasteiger charge is 2.18. The summed E-state index contributed by atoms with van der Waals surface area (Å²) in [4.78, 5) is 12.2. The Morgan fingerprint density at radius 1 is 1.33 bits per heavy atom. The molecular formula is C15H23NO2. The van der Waals surface area contributed by atoms with Gasteiger partial charge in [0, 0.05) is 11.6 Å². The summed E-state index contributed by atoms with van der Waals surface area (Å²) < 4.78 is 0. The van der Waals surface area contributed by atoms with Crippen LogP contribution in [0.25, 0.3) is 0 Å². The van der Waals surface area contributed by atoms with Crippen LogP contribution in [0, 0.1) is 13.8 Å². The zero-order valence-corrected chi connectivity index (χ0v) is 11.7. The third-order valence-corrected chi connectivity index (χ3v) is 3.38. The molecule has 2 unspecified atom stereocenters. The van der Waals surface area contributed by atoms with Crippen molar-refractivity contribution in [3.8, 4) is 0 Å². The second-order valence-corrected chi connectivity index (χ2v) is 4.84. The second-order valence-electron chi connectivity index (χ2n) is 4.84. The summed E-state index contributed by atoms with van der Waals surface area (Å²) in [5, 5.41) is 12.3. The number of carbonyl (C=O) groups is 1. The van der Waals surface area contributed by atoms with Crippen LogP contribution in [0.3, 0.4) is 0 Å². The number of aliphatic hydroxyl groups is 1. The van der Waals surface area contributed by atoms with Gasteiger partial charge in [0.25, 0.3) is 0 Å². The van der Waals surface area contributed by atoms with Crippen LogP contribution in [-0.4, -0.2) is 29.6 Å². The average molecular weight is 249 g/mol. The minimum Gasteiger partial charge on any atom is -0.395 e. The molecule has 0 aliphatic carbocycles. The van der Waals surface area contributed by atoms with E-state index >= 15 is 0 Å². The molecule has 0 amide bonds. The van der Waals surface area contributed by atoms with Crippen LogP contribution in [0.15, 0.2) is 18.2 Å². The minimum atomic E-state index is -0.274. The fourth-order valence-electron chi connectivity index (χ4n) is 1.87. The summed E-state index contributed by atoms with van der Waals surface area (Å²) >= 11 is 0. The van der Waals surface area contributed by atoms with E-state index in [4.69, 9.17) is 5.11 Å². The molecule has 0 aromatic heterocycles. The van der Waals surface area contributed by atoms with Gasteiger partial charge in [-0.3, -0.25) is 4.79 Å². The lowest BCUT2D eigenvalue weighted by Gasteiger charge is -2.19. The van der Waals surface area contributed by atoms with Gasteiger partial charge in [-0.05, 0) is 44.4 Å². The number of aliphatic hydroxyl groups excluding tert-OH is 1. The minimum absolute atomic E-state index is 0.0181. The first-order valence-corrected chi connectivity index (χ1v) is 6.48. The van der Waals surface area contributed by atoms with E-state index < -0.39 is 0 Å². The van der Waals surface area contributed by atoms with Crippen LogP contribution < -0.4 is 5.32 Å². The molecule has 0 heterocycles. The highest BCUT2D eigenvalue weighted by atomic mass is 16.3. The van der Waals surface area contributed by atoms with E-state index in [9.17, 15) is 4.79 Å². The molecule has 100 valence electrons. The van der Waals surface area contributed by atoms with Gasteiger partial charge in [-0.15, -0.1) is 0 Å². The molecule has 0 saturated carbocycles. The number of aryl methyl sites for hydroxylation is 2. The summed E-state index contributed by atoms with van der Waals surface area (Å²) in [7, 11) is 0. The lowest BCUT2D eigenvalue weighted by molar-refractivity contribution is 0.0935. The Hall–Kier alpha value is -1.19. The summed E-state index contributed by atoms with van der Waals surface area (Å²) in [5.74, 6) is 0.0741. The van der Waals surface area contributed by atoms with Crippen molar-refractivity contribution in [1.29, 1.82) is 0 Å². The van der Waals surface area contributed by atoms with Crippen molar-refractivity contribution in [2.75, 3.05) is 6.61 Å². The van der Waals surface area contributed by atoms with Gasteiger partial charge in [0.2, 0.25) is 0 Å². The number of rotatable bonds is 6. The van der Waals surface area contributed by atoms with E-state index in [0.717, 1.165) is 17.5 Å². The fourth-order valence-corrected chi connectivity index (χ4v) is 1.87. The van der Waals surface area contributed by atoms with Gasteiger partial charge < -0.3 is 10.4 Å². The third kappa shape index (κ3) is 3.65. The summed E-state index contributed by atoms with van der Waals surface area (Å²) in [6.07, 6.45) is 0.807. The molecule has 1 aromatic rings. The zero-order chi connectivity index (χ0) is 13.7. The van der Waals surface area contributed by atoms with Crippen molar-refractivity contribution in [3.05, 3.63) is 34.9 Å². The molecular weight excluding hydrogens is 226 g/mol. The number of Topliss-reactive ketones (excluding diaryl/α,β-unsaturated/α-hetero) is 1. The van der Waals surface area contributed by atoms with Crippen molar-refractivity contribution in [1.82, 2.24) is 5.32 Å². The van der Waals surface area contributed by atoms with Gasteiger partial charge in [0.1, 0.15) is 0 Å². The van der Waals surface area contributed by atoms with Crippen LogP contribution in [0.2, 0.25) is 0 Å². The molecule has 1 rings (SSSR count). The molecule has 3 nitrogen and oxygen atoms in total. The van der Waals surface area contributed by atoms with Gasteiger partial charge in [0.15, 0.2) is 5.78 Å². The van der Waals surface area contributed by atoms with Crippen molar-refractivity contribution in [2.45, 2.75) is 46.2 Å². The van der Waals surface area contributed by atoms with Gasteiger partial charge in [-0.25, -0.2) is 0 Å². The zero-order valence-electron chi connectivity index (χ0n) is 11.7. The summed E-state index contributed by atoms with van der Waals surface area (Å²) in [6, 6.07) is 5.47. The molecule has 0 radical (unpaired) electrons. The van der Waals surface area contributed by atoms with Crippen LogP contribution in [-0.2, 0) is 0 Å². The maximum atomic E-state index is 12.2. The Morgan fingerprint density at radius 2 is 2.00 bits per heavy atom. The van der Waals surface area contributed by atoms with Crippen molar-refractivity contribution < 1.29 is 9.90 Å². The molecule has 0 aliphatic heterocycles. The van der Waals surface area contributed by atoms with Crippen LogP contribution in [0.1, 0.15) is 41.8 Å². The Balaban J connectivity index is 2.76. The smallest absolute Gasteiger partial charge is 0.179 e. The molecule has 0 spiro atoms.